The van der Waals surface area contributed by atoms with E-state index in [0.29, 0.717) is 5.82 Å². The van der Waals surface area contributed by atoms with Crippen molar-refractivity contribution in [2.75, 3.05) is 0 Å². The summed E-state index contributed by atoms with van der Waals surface area (Å²) in [5, 5.41) is 4.60. The molecule has 0 aliphatic rings. The van der Waals surface area contributed by atoms with Gasteiger partial charge in [-0.1, -0.05) is 18.2 Å². The van der Waals surface area contributed by atoms with Crippen molar-refractivity contribution in [3.05, 3.63) is 36.5 Å². The normalized spacial score (nSPS) is 10.5. The molecule has 2 aromatic heterocycles. The average molecular weight is 225 g/mol. The van der Waals surface area contributed by atoms with Crippen LogP contribution in [0.1, 0.15) is 0 Å². The summed E-state index contributed by atoms with van der Waals surface area (Å²) in [5.74, 6) is 0.590. The van der Waals surface area contributed by atoms with Crippen molar-refractivity contribution in [2.45, 2.75) is 0 Å². The summed E-state index contributed by atoms with van der Waals surface area (Å²) < 4.78 is 0. The zero-order valence-electron chi connectivity index (χ0n) is 8.27. The van der Waals surface area contributed by atoms with Crippen LogP contribution >= 0.6 is 12.2 Å². The maximum Gasteiger partial charge on any atom is 0.163 e. The van der Waals surface area contributed by atoms with E-state index in [1.807, 2.05) is 24.3 Å². The van der Waals surface area contributed by atoms with E-state index in [1.54, 1.807) is 6.20 Å². The Hall–Kier alpha value is -2.03. The van der Waals surface area contributed by atoms with Crippen LogP contribution in [-0.4, -0.2) is 15.1 Å². The molecule has 0 unspecified atom stereocenters. The van der Waals surface area contributed by atoms with E-state index >= 15 is 0 Å². The van der Waals surface area contributed by atoms with Crippen LogP contribution in [0.3, 0.4) is 0 Å². The van der Waals surface area contributed by atoms with Gasteiger partial charge in [0, 0.05) is 16.3 Å². The van der Waals surface area contributed by atoms with Crippen molar-refractivity contribution in [3.63, 3.8) is 0 Å². The predicted octanol–water partition coefficient (Wildman–Crippen LogP) is 3.45. The molecule has 0 aliphatic heterocycles. The fourth-order valence-corrected chi connectivity index (χ4v) is 1.94. The Morgan fingerprint density at radius 2 is 2.06 bits per heavy atom. The van der Waals surface area contributed by atoms with Gasteiger partial charge in [-0.15, -0.1) is 0 Å². The van der Waals surface area contributed by atoms with Gasteiger partial charge in [-0.3, -0.25) is 0 Å². The Bertz CT molecular complexity index is 723. The lowest BCUT2D eigenvalue weighted by molar-refractivity contribution is 1.30. The molecule has 0 bridgehead atoms. The highest BCUT2D eigenvalue weighted by molar-refractivity contribution is 7.78. The van der Waals surface area contributed by atoms with E-state index in [-0.39, 0.29) is 0 Å². The standard InChI is InChI=1S/C12H7N3S/c16-7-14-12-5-9-8-3-1-2-4-10(8)15-11(9)6-13-12/h1-6,15H. The van der Waals surface area contributed by atoms with Crippen molar-refractivity contribution < 1.29 is 0 Å². The van der Waals surface area contributed by atoms with Crippen LogP contribution in [0, 0.1) is 0 Å². The van der Waals surface area contributed by atoms with Gasteiger partial charge in [-0.05, 0) is 24.4 Å². The van der Waals surface area contributed by atoms with Crippen molar-refractivity contribution in [3.8, 4) is 0 Å². The molecule has 0 saturated heterocycles. The van der Waals surface area contributed by atoms with Crippen LogP contribution in [0.4, 0.5) is 5.82 Å². The molecular formula is C12H7N3S. The highest BCUT2D eigenvalue weighted by Crippen LogP contribution is 2.26. The van der Waals surface area contributed by atoms with Crippen molar-refractivity contribution in [1.29, 1.82) is 0 Å². The Balaban J connectivity index is 2.44. The fraction of sp³-hybridized carbons (Fsp3) is 0. The Morgan fingerprint density at radius 3 is 2.94 bits per heavy atom. The van der Waals surface area contributed by atoms with Gasteiger partial charge in [0.2, 0.25) is 0 Å². The molecule has 0 fully saturated rings. The van der Waals surface area contributed by atoms with E-state index in [1.165, 1.54) is 5.39 Å². The number of thiocarbonyl (C=S) groups is 1. The number of pyridine rings is 1. The van der Waals surface area contributed by atoms with Crippen molar-refractivity contribution >= 4 is 45.0 Å². The largest absolute Gasteiger partial charge is 0.353 e. The van der Waals surface area contributed by atoms with E-state index in [0.717, 1.165) is 16.4 Å². The van der Waals surface area contributed by atoms with E-state index in [2.05, 4.69) is 38.4 Å². The summed E-state index contributed by atoms with van der Waals surface area (Å²) in [5.41, 5.74) is 2.10. The summed E-state index contributed by atoms with van der Waals surface area (Å²) in [4.78, 5) is 11.3. The van der Waals surface area contributed by atoms with Gasteiger partial charge in [0.25, 0.3) is 0 Å². The van der Waals surface area contributed by atoms with Gasteiger partial charge < -0.3 is 4.98 Å². The number of hydrogen-bond donors (Lipinski definition) is 1. The Labute approximate surface area is 96.8 Å². The van der Waals surface area contributed by atoms with Crippen LogP contribution < -0.4 is 0 Å². The number of fused-ring (bicyclic) bond motifs is 3. The first-order chi connectivity index (χ1) is 7.88. The predicted molar refractivity (Wildman–Crippen MR) is 68.3 cm³/mol. The number of nitrogens with zero attached hydrogens (tertiary/aromatic N) is 2. The molecule has 0 amide bonds. The van der Waals surface area contributed by atoms with Gasteiger partial charge in [0.05, 0.1) is 16.9 Å². The minimum absolute atomic E-state index is 0.590. The Morgan fingerprint density at radius 1 is 1.19 bits per heavy atom. The molecule has 1 aromatic carbocycles. The first kappa shape index (κ1) is 9.21. The third-order valence-corrected chi connectivity index (χ3v) is 2.63. The van der Waals surface area contributed by atoms with E-state index < -0.39 is 0 Å². The van der Waals surface area contributed by atoms with Crippen LogP contribution in [0.25, 0.3) is 21.8 Å². The lowest BCUT2D eigenvalue weighted by Crippen LogP contribution is -1.73. The van der Waals surface area contributed by atoms with Crippen molar-refractivity contribution in [1.82, 2.24) is 9.97 Å². The number of H-pyrrole nitrogens is 1. The molecule has 0 aliphatic carbocycles. The molecule has 0 radical (unpaired) electrons. The topological polar surface area (TPSA) is 41.0 Å². The SMILES string of the molecule is S=C=Nc1cc2c(cn1)[nH]c1ccccc12. The monoisotopic (exact) mass is 225 g/mol. The first-order valence-corrected chi connectivity index (χ1v) is 5.23. The number of nitrogens with one attached hydrogen (secondary N) is 1. The molecule has 0 saturated carbocycles. The van der Waals surface area contributed by atoms with Gasteiger partial charge in [0.1, 0.15) is 0 Å². The highest BCUT2D eigenvalue weighted by atomic mass is 32.1. The van der Waals surface area contributed by atoms with Gasteiger partial charge in [0.15, 0.2) is 5.82 Å². The van der Waals surface area contributed by atoms with Crippen LogP contribution in [0.2, 0.25) is 0 Å². The first-order valence-electron chi connectivity index (χ1n) is 4.83. The number of aromatic amines is 1. The molecule has 0 spiro atoms. The maximum atomic E-state index is 4.57. The number of isothiocyanates is 1. The molecule has 0 atom stereocenters. The molecule has 76 valence electrons. The highest BCUT2D eigenvalue weighted by Gasteiger charge is 2.04. The minimum Gasteiger partial charge on any atom is -0.353 e. The van der Waals surface area contributed by atoms with Gasteiger partial charge in [-0.2, -0.15) is 4.99 Å². The molecule has 16 heavy (non-hydrogen) atoms. The van der Waals surface area contributed by atoms with E-state index in [4.69, 9.17) is 0 Å². The summed E-state index contributed by atoms with van der Waals surface area (Å²) in [7, 11) is 0. The number of rotatable bonds is 1. The molecule has 2 heterocycles. The summed E-state index contributed by atoms with van der Waals surface area (Å²) >= 11 is 4.57. The Kier molecular flexibility index (Phi) is 2.03. The number of benzene rings is 1. The van der Waals surface area contributed by atoms with Crippen molar-refractivity contribution in [2.24, 2.45) is 4.99 Å². The smallest absolute Gasteiger partial charge is 0.163 e. The fourth-order valence-electron chi connectivity index (χ4n) is 1.85. The number of aromatic nitrogens is 2. The molecule has 4 heteroatoms. The number of aliphatic imine (C=N–C) groups is 1. The summed E-state index contributed by atoms with van der Waals surface area (Å²) in [6.45, 7) is 0. The lowest BCUT2D eigenvalue weighted by Gasteiger charge is -1.91. The van der Waals surface area contributed by atoms with Gasteiger partial charge >= 0.3 is 0 Å². The number of hydrogen-bond acceptors (Lipinski definition) is 3. The second-order valence-electron chi connectivity index (χ2n) is 3.46. The molecule has 3 nitrogen and oxygen atoms in total. The second kappa shape index (κ2) is 3.52. The molecule has 1 N–H and O–H groups in total. The second-order valence-corrected chi connectivity index (χ2v) is 3.64. The third kappa shape index (κ3) is 1.33. The van der Waals surface area contributed by atoms with Crippen LogP contribution in [0.5, 0.6) is 0 Å². The number of para-hydroxylation sites is 1. The van der Waals surface area contributed by atoms with Gasteiger partial charge in [-0.25, -0.2) is 4.98 Å². The summed E-state index contributed by atoms with van der Waals surface area (Å²) in [6, 6.07) is 10.0. The molecule has 3 rings (SSSR count). The molecule has 3 aromatic rings. The van der Waals surface area contributed by atoms with Crippen LogP contribution in [0.15, 0.2) is 41.5 Å². The molecular weight excluding hydrogens is 218 g/mol. The maximum absolute atomic E-state index is 4.57. The average Bonchev–Trinajstić information content (AvgIpc) is 2.68. The minimum atomic E-state index is 0.590. The van der Waals surface area contributed by atoms with Crippen LogP contribution in [-0.2, 0) is 0 Å². The lowest BCUT2D eigenvalue weighted by atomic mass is 10.2. The zero-order chi connectivity index (χ0) is 11.0. The van der Waals surface area contributed by atoms with E-state index in [9.17, 15) is 0 Å². The zero-order valence-corrected chi connectivity index (χ0v) is 9.08. The summed E-state index contributed by atoms with van der Waals surface area (Å²) in [6.07, 6.45) is 1.76. The quantitative estimate of drug-likeness (QED) is 0.509. The third-order valence-electron chi connectivity index (χ3n) is 2.54.